The Kier molecular flexibility index (Phi) is 11.0. The van der Waals surface area contributed by atoms with Gasteiger partial charge >= 0.3 is 5.97 Å². The Morgan fingerprint density at radius 2 is 2.00 bits per heavy atom. The maximum absolute atomic E-state index is 14.2. The number of carbonyl (C=O) groups is 1. The van der Waals surface area contributed by atoms with Crippen LogP contribution in [-0.2, 0) is 28.6 Å². The predicted octanol–water partition coefficient (Wildman–Crippen LogP) is 4.70. The van der Waals surface area contributed by atoms with E-state index < -0.39 is 48.2 Å². The first-order chi connectivity index (χ1) is 22.3. The fourth-order valence-corrected chi connectivity index (χ4v) is 7.99. The molecule has 10 atom stereocenters. The second-order valence-corrected chi connectivity index (χ2v) is 14.5. The van der Waals surface area contributed by atoms with Crippen LogP contribution in [0.3, 0.4) is 0 Å². The monoisotopic (exact) mass is 655 g/mol. The van der Waals surface area contributed by atoms with Crippen molar-refractivity contribution in [2.75, 3.05) is 20.3 Å². The Bertz CT molecular complexity index is 1360. The second-order valence-electron chi connectivity index (χ2n) is 14.5. The van der Waals surface area contributed by atoms with Crippen LogP contribution < -0.4 is 0 Å². The van der Waals surface area contributed by atoms with Gasteiger partial charge in [0.05, 0.1) is 31.1 Å². The molecule has 0 saturated carbocycles. The first-order valence-electron chi connectivity index (χ1n) is 17.0. The highest BCUT2D eigenvalue weighted by atomic mass is 16.7. The lowest BCUT2D eigenvalue weighted by atomic mass is 9.70. The standard InChI is InChI=1S/C37H53NO9/c1-21(2)13-24(5)33-25(6)31(38-43-7)18-36(47-33)17-29-16-28(46-36)12-11-23(4)14-22(3)9-8-10-27-20-44-34-32(40)26(19-39)15-30(35(41)45-29)37(27,34)42/h8-11,13,15,21-22,25,28-30,32-34,39-40,42H,12,14,16-20H2,1-7H3/b9-8+,23-11+,24-13+,27-10+,38-31+/t22-,25-,28+,29-,30-,32+,33+,34+,36-,37+/m0/s1. The van der Waals surface area contributed by atoms with E-state index in [4.69, 9.17) is 23.8 Å². The molecular formula is C37H53NO9. The van der Waals surface area contributed by atoms with Crippen LogP contribution in [-0.4, -0.2) is 89.2 Å². The number of allylic oxidation sites excluding steroid dienone is 5. The Morgan fingerprint density at radius 3 is 2.70 bits per heavy atom. The van der Waals surface area contributed by atoms with Crippen molar-refractivity contribution < 1.29 is 43.9 Å². The van der Waals surface area contributed by atoms with Gasteiger partial charge in [0.2, 0.25) is 0 Å². The Hall–Kier alpha value is -2.60. The molecule has 10 nitrogen and oxygen atoms in total. The van der Waals surface area contributed by atoms with E-state index in [2.05, 4.69) is 64.9 Å². The van der Waals surface area contributed by atoms with Crippen LogP contribution in [0.4, 0.5) is 0 Å². The summed E-state index contributed by atoms with van der Waals surface area (Å²) in [4.78, 5) is 19.5. The van der Waals surface area contributed by atoms with Crippen molar-refractivity contribution in [3.8, 4) is 0 Å². The van der Waals surface area contributed by atoms with Gasteiger partial charge in [-0.15, -0.1) is 0 Å². The lowest BCUT2D eigenvalue weighted by molar-refractivity contribution is -0.313. The summed E-state index contributed by atoms with van der Waals surface area (Å²) < 4.78 is 25.9. The average molecular weight is 656 g/mol. The van der Waals surface area contributed by atoms with Crippen molar-refractivity contribution in [3.05, 3.63) is 58.7 Å². The van der Waals surface area contributed by atoms with Gasteiger partial charge in [0.1, 0.15) is 36.9 Å². The van der Waals surface area contributed by atoms with Gasteiger partial charge in [0.15, 0.2) is 5.79 Å². The topological polar surface area (TPSA) is 136 Å². The molecule has 1 aliphatic carbocycles. The molecule has 4 aliphatic heterocycles. The van der Waals surface area contributed by atoms with Crippen LogP contribution in [0.1, 0.15) is 73.6 Å². The second kappa shape index (κ2) is 14.5. The van der Waals surface area contributed by atoms with E-state index in [0.29, 0.717) is 30.8 Å². The zero-order chi connectivity index (χ0) is 34.1. The summed E-state index contributed by atoms with van der Waals surface area (Å²) in [5.41, 5.74) is 1.93. The number of ether oxygens (including phenoxy) is 4. The summed E-state index contributed by atoms with van der Waals surface area (Å²) in [7, 11) is 1.53. The molecule has 1 spiro atoms. The molecule has 47 heavy (non-hydrogen) atoms. The van der Waals surface area contributed by atoms with Crippen LogP contribution in [0.25, 0.3) is 0 Å². The number of fused-ring (bicyclic) bond motifs is 2. The SMILES string of the molecule is CO/N=C1\C[C@]2(C[C@@H]3C[C@@H](C/C=C(\C)C[C@@H](C)/C=C/C=C4\CO[C@@H]5[C@H](O)C(CO)=C[C@@H](C(=O)O3)[C@]45O)O2)O[C@H](/C(C)=C/C(C)C)[C@H]1C. The van der Waals surface area contributed by atoms with Gasteiger partial charge in [-0.2, -0.15) is 0 Å². The van der Waals surface area contributed by atoms with Crippen LogP contribution in [0.5, 0.6) is 0 Å². The van der Waals surface area contributed by atoms with Crippen LogP contribution in [0.15, 0.2) is 63.9 Å². The molecule has 0 amide bonds. The highest BCUT2D eigenvalue weighted by Crippen LogP contribution is 2.47. The number of aliphatic hydroxyl groups excluding tert-OH is 2. The normalized spacial score (nSPS) is 43.8. The van der Waals surface area contributed by atoms with E-state index in [0.717, 1.165) is 17.7 Å². The highest BCUT2D eigenvalue weighted by molar-refractivity contribution is 5.88. The van der Waals surface area contributed by atoms with E-state index in [1.807, 2.05) is 6.08 Å². The number of nitrogens with zero attached hydrogens (tertiary/aromatic N) is 1. The minimum absolute atomic E-state index is 0.0347. The number of aliphatic hydroxyl groups is 3. The quantitative estimate of drug-likeness (QED) is 0.224. The maximum Gasteiger partial charge on any atom is 0.316 e. The molecule has 0 aromatic heterocycles. The van der Waals surface area contributed by atoms with Crippen molar-refractivity contribution in [3.63, 3.8) is 0 Å². The molecule has 0 radical (unpaired) electrons. The molecule has 3 N–H and O–H groups in total. The first kappa shape index (κ1) is 35.7. The molecule has 0 aromatic carbocycles. The van der Waals surface area contributed by atoms with E-state index in [1.165, 1.54) is 18.8 Å². The zero-order valence-electron chi connectivity index (χ0n) is 28.8. The fraction of sp³-hybridized carbons (Fsp3) is 0.676. The lowest BCUT2D eigenvalue weighted by Gasteiger charge is -2.50. The zero-order valence-corrected chi connectivity index (χ0v) is 28.8. The molecule has 260 valence electrons. The molecule has 3 fully saturated rings. The number of rotatable bonds is 4. The smallest absolute Gasteiger partial charge is 0.316 e. The molecule has 0 unspecified atom stereocenters. The van der Waals surface area contributed by atoms with E-state index >= 15 is 0 Å². The van der Waals surface area contributed by atoms with Gasteiger partial charge in [0.25, 0.3) is 0 Å². The third-order valence-corrected chi connectivity index (χ3v) is 10.2. The van der Waals surface area contributed by atoms with Crippen LogP contribution in [0.2, 0.25) is 0 Å². The molecule has 5 rings (SSSR count). The largest absolute Gasteiger partial charge is 0.462 e. The van der Waals surface area contributed by atoms with E-state index in [1.54, 1.807) is 6.08 Å². The molecule has 0 aromatic rings. The van der Waals surface area contributed by atoms with Gasteiger partial charge in [0, 0.05) is 25.2 Å². The van der Waals surface area contributed by atoms with Gasteiger partial charge < -0.3 is 39.1 Å². The molecule has 2 bridgehead atoms. The minimum Gasteiger partial charge on any atom is -0.462 e. The van der Waals surface area contributed by atoms with Crippen LogP contribution >= 0.6 is 0 Å². The van der Waals surface area contributed by atoms with E-state index in [9.17, 15) is 20.1 Å². The van der Waals surface area contributed by atoms with Crippen molar-refractivity contribution in [1.82, 2.24) is 0 Å². The van der Waals surface area contributed by atoms with Crippen molar-refractivity contribution in [2.45, 2.75) is 116 Å². The number of carbonyl (C=O) groups excluding carboxylic acids is 1. The molecular weight excluding hydrogens is 602 g/mol. The van der Waals surface area contributed by atoms with Gasteiger partial charge in [-0.1, -0.05) is 74.9 Å². The minimum atomic E-state index is -1.85. The number of esters is 1. The predicted molar refractivity (Wildman–Crippen MR) is 177 cm³/mol. The average Bonchev–Trinajstić information content (AvgIpc) is 3.34. The number of oxime groups is 1. The molecule has 3 saturated heterocycles. The van der Waals surface area contributed by atoms with E-state index in [-0.39, 0.29) is 42.6 Å². The van der Waals surface area contributed by atoms with Crippen molar-refractivity contribution in [1.29, 1.82) is 0 Å². The third-order valence-electron chi connectivity index (χ3n) is 10.2. The molecule has 10 heteroatoms. The van der Waals surface area contributed by atoms with Crippen LogP contribution in [0, 0.1) is 23.7 Å². The Balaban J connectivity index is 1.56. The van der Waals surface area contributed by atoms with Gasteiger partial charge in [-0.05, 0) is 55.2 Å². The maximum atomic E-state index is 14.2. The summed E-state index contributed by atoms with van der Waals surface area (Å²) in [6.07, 6.45) is 10.3. The van der Waals surface area contributed by atoms with Gasteiger partial charge in [-0.25, -0.2) is 0 Å². The fourth-order valence-electron chi connectivity index (χ4n) is 7.99. The molecule has 5 aliphatic rings. The van der Waals surface area contributed by atoms with Crippen molar-refractivity contribution in [2.24, 2.45) is 28.8 Å². The summed E-state index contributed by atoms with van der Waals surface area (Å²) in [5, 5.41) is 37.7. The summed E-state index contributed by atoms with van der Waals surface area (Å²) in [6.45, 7) is 12.2. The lowest BCUT2D eigenvalue weighted by Crippen LogP contribution is -2.59. The van der Waals surface area contributed by atoms with Crippen molar-refractivity contribution >= 4 is 11.7 Å². The summed E-state index contributed by atoms with van der Waals surface area (Å²) in [5.74, 6) is -2.53. The molecule has 4 heterocycles. The Labute approximate surface area is 278 Å². The summed E-state index contributed by atoms with van der Waals surface area (Å²) >= 11 is 0. The highest BCUT2D eigenvalue weighted by Gasteiger charge is 2.60. The number of hydrogen-bond donors (Lipinski definition) is 3. The first-order valence-corrected chi connectivity index (χ1v) is 17.0. The summed E-state index contributed by atoms with van der Waals surface area (Å²) in [6, 6.07) is 0. The Morgan fingerprint density at radius 1 is 1.23 bits per heavy atom. The van der Waals surface area contributed by atoms with Gasteiger partial charge in [-0.3, -0.25) is 4.79 Å². The number of hydrogen-bond acceptors (Lipinski definition) is 10. The third kappa shape index (κ3) is 7.38.